The van der Waals surface area contributed by atoms with Gasteiger partial charge in [-0.1, -0.05) is 29.8 Å². The molecule has 3 heteroatoms. The van der Waals surface area contributed by atoms with Gasteiger partial charge in [-0.05, 0) is 32.1 Å². The van der Waals surface area contributed by atoms with Crippen molar-refractivity contribution >= 4 is 11.8 Å². The van der Waals surface area contributed by atoms with Gasteiger partial charge in [-0.2, -0.15) is 0 Å². The molecule has 2 rings (SSSR count). The smallest absolute Gasteiger partial charge is 0.306 e. The van der Waals surface area contributed by atoms with Gasteiger partial charge in [-0.25, -0.2) is 0 Å². The van der Waals surface area contributed by atoms with Gasteiger partial charge in [0, 0.05) is 12.0 Å². The van der Waals surface area contributed by atoms with Gasteiger partial charge in [0.25, 0.3) is 0 Å². The number of carboxylic acids is 1. The summed E-state index contributed by atoms with van der Waals surface area (Å²) >= 11 is 0. The van der Waals surface area contributed by atoms with Crippen LogP contribution in [0.25, 0.3) is 0 Å². The van der Waals surface area contributed by atoms with Crippen molar-refractivity contribution in [3.8, 4) is 0 Å². The predicted octanol–water partition coefficient (Wildman–Crippen LogP) is 3.07. The molecule has 0 aromatic heterocycles. The maximum Gasteiger partial charge on any atom is 0.306 e. The first-order valence-electron chi connectivity index (χ1n) is 6.39. The highest BCUT2D eigenvalue weighted by molar-refractivity contribution is 5.96. The summed E-state index contributed by atoms with van der Waals surface area (Å²) in [5.74, 6) is -0.605. The van der Waals surface area contributed by atoms with Crippen LogP contribution in [-0.4, -0.2) is 16.9 Å². The third kappa shape index (κ3) is 2.97. The van der Waals surface area contributed by atoms with Crippen molar-refractivity contribution in [2.75, 3.05) is 0 Å². The Morgan fingerprint density at radius 1 is 1.22 bits per heavy atom. The van der Waals surface area contributed by atoms with Gasteiger partial charge in [0.05, 0.1) is 5.92 Å². The van der Waals surface area contributed by atoms with E-state index in [2.05, 4.69) is 0 Å². The highest BCUT2D eigenvalue weighted by Crippen LogP contribution is 2.33. The maximum absolute atomic E-state index is 12.0. The van der Waals surface area contributed by atoms with E-state index in [9.17, 15) is 9.59 Å². The Kier molecular flexibility index (Phi) is 3.80. The molecule has 0 bridgehead atoms. The molecule has 0 radical (unpaired) electrons. The van der Waals surface area contributed by atoms with E-state index in [0.717, 1.165) is 17.5 Å². The van der Waals surface area contributed by atoms with Crippen molar-refractivity contribution in [1.82, 2.24) is 0 Å². The zero-order valence-corrected chi connectivity index (χ0v) is 10.6. The van der Waals surface area contributed by atoms with Gasteiger partial charge < -0.3 is 5.11 Å². The summed E-state index contributed by atoms with van der Waals surface area (Å²) in [6.07, 6.45) is 2.69. The Morgan fingerprint density at radius 3 is 2.44 bits per heavy atom. The second kappa shape index (κ2) is 5.34. The van der Waals surface area contributed by atoms with Crippen LogP contribution in [0.15, 0.2) is 24.3 Å². The largest absolute Gasteiger partial charge is 0.481 e. The minimum Gasteiger partial charge on any atom is -0.481 e. The lowest BCUT2D eigenvalue weighted by Crippen LogP contribution is -2.11. The number of hydrogen-bond donors (Lipinski definition) is 1. The molecular formula is C15H18O3. The number of hydrogen-bond acceptors (Lipinski definition) is 2. The van der Waals surface area contributed by atoms with Gasteiger partial charge in [0.2, 0.25) is 0 Å². The van der Waals surface area contributed by atoms with Crippen LogP contribution in [0.5, 0.6) is 0 Å². The highest BCUT2D eigenvalue weighted by atomic mass is 16.4. The monoisotopic (exact) mass is 246 g/mol. The third-order valence-corrected chi connectivity index (χ3v) is 3.74. The average Bonchev–Trinajstić information content (AvgIpc) is 2.78. The summed E-state index contributed by atoms with van der Waals surface area (Å²) in [6, 6.07) is 7.56. The molecule has 0 spiro atoms. The molecule has 0 heterocycles. The molecule has 2 atom stereocenters. The van der Waals surface area contributed by atoms with E-state index in [1.807, 2.05) is 31.2 Å². The standard InChI is InChI=1S/C15H18O3/c1-10-2-5-12(6-3-10)14(16)9-11-4-7-13(8-11)15(17)18/h2-3,5-6,11,13H,4,7-9H2,1H3,(H,17,18). The van der Waals surface area contributed by atoms with Gasteiger partial charge in [0.15, 0.2) is 5.78 Å². The van der Waals surface area contributed by atoms with Gasteiger partial charge in [-0.15, -0.1) is 0 Å². The van der Waals surface area contributed by atoms with E-state index in [4.69, 9.17) is 5.11 Å². The van der Waals surface area contributed by atoms with Crippen molar-refractivity contribution in [2.24, 2.45) is 11.8 Å². The fourth-order valence-corrected chi connectivity index (χ4v) is 2.60. The Balaban J connectivity index is 1.92. The Labute approximate surface area is 107 Å². The number of carbonyl (C=O) groups excluding carboxylic acids is 1. The topological polar surface area (TPSA) is 54.4 Å². The number of aliphatic carboxylic acids is 1. The first-order chi connectivity index (χ1) is 8.56. The third-order valence-electron chi connectivity index (χ3n) is 3.74. The van der Waals surface area contributed by atoms with E-state index in [1.54, 1.807) is 0 Å². The molecule has 0 saturated heterocycles. The van der Waals surface area contributed by atoms with Crippen LogP contribution in [-0.2, 0) is 4.79 Å². The molecule has 1 aliphatic carbocycles. The van der Waals surface area contributed by atoms with Gasteiger partial charge in [0.1, 0.15) is 0 Å². The van der Waals surface area contributed by atoms with Crippen molar-refractivity contribution in [3.63, 3.8) is 0 Å². The molecule has 3 nitrogen and oxygen atoms in total. The maximum atomic E-state index is 12.0. The minimum absolute atomic E-state index is 0.131. The second-order valence-electron chi connectivity index (χ2n) is 5.21. The van der Waals surface area contributed by atoms with E-state index in [0.29, 0.717) is 19.3 Å². The van der Waals surface area contributed by atoms with E-state index in [1.165, 1.54) is 0 Å². The molecule has 1 fully saturated rings. The lowest BCUT2D eigenvalue weighted by molar-refractivity contribution is -0.141. The number of carboxylic acid groups (broad SMARTS) is 1. The number of rotatable bonds is 4. The lowest BCUT2D eigenvalue weighted by Gasteiger charge is -2.08. The number of benzene rings is 1. The van der Waals surface area contributed by atoms with Crippen LogP contribution < -0.4 is 0 Å². The zero-order chi connectivity index (χ0) is 13.1. The number of carbonyl (C=O) groups is 2. The lowest BCUT2D eigenvalue weighted by atomic mass is 9.95. The second-order valence-corrected chi connectivity index (χ2v) is 5.21. The van der Waals surface area contributed by atoms with Crippen LogP contribution in [0.4, 0.5) is 0 Å². The van der Waals surface area contributed by atoms with Gasteiger partial charge >= 0.3 is 5.97 Å². The molecule has 1 saturated carbocycles. The first kappa shape index (κ1) is 12.8. The summed E-state index contributed by atoms with van der Waals surface area (Å²) in [5.41, 5.74) is 1.87. The van der Waals surface area contributed by atoms with Crippen molar-refractivity contribution in [3.05, 3.63) is 35.4 Å². The average molecular weight is 246 g/mol. The normalized spacial score (nSPS) is 22.9. The quantitative estimate of drug-likeness (QED) is 0.831. The van der Waals surface area contributed by atoms with Crippen LogP contribution in [0, 0.1) is 18.8 Å². The van der Waals surface area contributed by atoms with Gasteiger partial charge in [-0.3, -0.25) is 9.59 Å². The molecular weight excluding hydrogens is 228 g/mol. The van der Waals surface area contributed by atoms with E-state index >= 15 is 0 Å². The van der Waals surface area contributed by atoms with Crippen LogP contribution in [0.1, 0.15) is 41.6 Å². The number of Topliss-reactive ketones (excluding diaryl/α,β-unsaturated/α-hetero) is 1. The molecule has 1 aromatic rings. The molecule has 2 unspecified atom stereocenters. The molecule has 0 amide bonds. The van der Waals surface area contributed by atoms with Crippen molar-refractivity contribution in [1.29, 1.82) is 0 Å². The fraction of sp³-hybridized carbons (Fsp3) is 0.467. The molecule has 18 heavy (non-hydrogen) atoms. The summed E-state index contributed by atoms with van der Waals surface area (Å²) in [6.45, 7) is 1.99. The Hall–Kier alpha value is -1.64. The first-order valence-corrected chi connectivity index (χ1v) is 6.39. The van der Waals surface area contributed by atoms with Crippen LogP contribution in [0.2, 0.25) is 0 Å². The minimum atomic E-state index is -0.722. The highest BCUT2D eigenvalue weighted by Gasteiger charge is 2.30. The summed E-state index contributed by atoms with van der Waals surface area (Å²) in [5, 5.41) is 8.93. The summed E-state index contributed by atoms with van der Waals surface area (Å²) in [7, 11) is 0. The fourth-order valence-electron chi connectivity index (χ4n) is 2.60. The molecule has 96 valence electrons. The zero-order valence-electron chi connectivity index (χ0n) is 10.6. The number of aryl methyl sites for hydroxylation is 1. The molecule has 1 aromatic carbocycles. The summed E-state index contributed by atoms with van der Waals surface area (Å²) in [4.78, 5) is 22.9. The van der Waals surface area contributed by atoms with E-state index in [-0.39, 0.29) is 17.6 Å². The van der Waals surface area contributed by atoms with E-state index < -0.39 is 5.97 Å². The van der Waals surface area contributed by atoms with Crippen LogP contribution in [0.3, 0.4) is 0 Å². The van der Waals surface area contributed by atoms with Crippen molar-refractivity contribution < 1.29 is 14.7 Å². The molecule has 1 aliphatic rings. The Morgan fingerprint density at radius 2 is 1.89 bits per heavy atom. The molecule has 1 N–H and O–H groups in total. The summed E-state index contributed by atoms with van der Waals surface area (Å²) < 4.78 is 0. The number of ketones is 1. The van der Waals surface area contributed by atoms with Crippen molar-refractivity contribution in [2.45, 2.75) is 32.6 Å². The molecule has 0 aliphatic heterocycles. The van der Waals surface area contributed by atoms with Crippen LogP contribution >= 0.6 is 0 Å². The Bertz CT molecular complexity index is 447. The predicted molar refractivity (Wildman–Crippen MR) is 68.6 cm³/mol. The SMILES string of the molecule is Cc1ccc(C(=O)CC2CCC(C(=O)O)C2)cc1.